The molecule has 4 rings (SSSR count). The number of hydrazine groups is 1. The van der Waals surface area contributed by atoms with Gasteiger partial charge in [0.15, 0.2) is 6.33 Å². The summed E-state index contributed by atoms with van der Waals surface area (Å²) >= 11 is 0. The first-order valence-electron chi connectivity index (χ1n) is 11.6. The molecule has 2 aromatic heterocycles. The number of ether oxygens (including phenoxy) is 1. The molecule has 1 fully saturated rings. The molecule has 2 N–H and O–H groups in total. The van der Waals surface area contributed by atoms with Crippen molar-refractivity contribution in [3.63, 3.8) is 0 Å². The maximum atomic E-state index is 13.7. The van der Waals surface area contributed by atoms with E-state index in [1.165, 1.54) is 13.2 Å². The van der Waals surface area contributed by atoms with Crippen molar-refractivity contribution in [1.82, 2.24) is 25.4 Å². The Bertz CT molecular complexity index is 1250. The Kier molecular flexibility index (Phi) is 7.68. The summed E-state index contributed by atoms with van der Waals surface area (Å²) in [4.78, 5) is 16.7. The molecule has 8 nitrogen and oxygen atoms in total. The molecular formula is C25H29F3N7O+. The van der Waals surface area contributed by atoms with E-state index >= 15 is 0 Å². The zero-order valence-corrected chi connectivity index (χ0v) is 20.4. The third-order valence-electron chi connectivity index (χ3n) is 5.96. The number of imidazole rings is 1. The van der Waals surface area contributed by atoms with Gasteiger partial charge in [-0.2, -0.15) is 13.2 Å². The molecular weight excluding hydrogens is 471 g/mol. The van der Waals surface area contributed by atoms with Gasteiger partial charge in [-0.25, -0.2) is 15.0 Å². The van der Waals surface area contributed by atoms with Crippen LogP contribution in [0, 0.1) is 6.92 Å². The summed E-state index contributed by atoms with van der Waals surface area (Å²) in [5, 5.41) is 1.82. The van der Waals surface area contributed by atoms with Crippen LogP contribution in [-0.2, 0) is 6.18 Å². The van der Waals surface area contributed by atoms with Gasteiger partial charge in [-0.15, -0.1) is 4.98 Å². The van der Waals surface area contributed by atoms with Crippen molar-refractivity contribution < 1.29 is 22.5 Å². The Labute approximate surface area is 207 Å². The molecule has 11 heteroatoms. The van der Waals surface area contributed by atoms with Crippen LogP contribution in [0.4, 0.5) is 13.2 Å². The minimum Gasteiger partial charge on any atom is -0.476 e. The number of nitrogens with one attached hydrogen (secondary N) is 2. The second kappa shape index (κ2) is 10.9. The Hall–Kier alpha value is -3.73. The smallest absolute Gasteiger partial charge is 0.416 e. The van der Waals surface area contributed by atoms with Gasteiger partial charge in [0.2, 0.25) is 0 Å². The van der Waals surface area contributed by atoms with Crippen LogP contribution in [0.3, 0.4) is 0 Å². The summed E-state index contributed by atoms with van der Waals surface area (Å²) in [7, 11) is 3.28. The van der Waals surface area contributed by atoms with Gasteiger partial charge >= 0.3 is 12.0 Å². The molecule has 3 heterocycles. The Balaban J connectivity index is 1.56. The van der Waals surface area contributed by atoms with Crippen LogP contribution in [0.1, 0.15) is 41.3 Å². The van der Waals surface area contributed by atoms with Gasteiger partial charge < -0.3 is 4.74 Å². The lowest BCUT2D eigenvalue weighted by molar-refractivity contribution is -0.598. The third kappa shape index (κ3) is 5.56. The molecule has 1 unspecified atom stereocenters. The number of nitrogens with zero attached hydrogens (tertiary/aromatic N) is 5. The van der Waals surface area contributed by atoms with Crippen LogP contribution >= 0.6 is 0 Å². The highest BCUT2D eigenvalue weighted by Crippen LogP contribution is 2.38. The first-order valence-corrected chi connectivity index (χ1v) is 11.6. The quantitative estimate of drug-likeness (QED) is 0.482. The van der Waals surface area contributed by atoms with Gasteiger partial charge in [0.25, 0.3) is 5.88 Å². The van der Waals surface area contributed by atoms with Crippen molar-refractivity contribution in [1.29, 1.82) is 0 Å². The fraction of sp³-hybridized carbons (Fsp3) is 0.360. The van der Waals surface area contributed by atoms with Crippen molar-refractivity contribution in [2.24, 2.45) is 4.99 Å². The van der Waals surface area contributed by atoms with Gasteiger partial charge in [-0.05, 0) is 37.5 Å². The summed E-state index contributed by atoms with van der Waals surface area (Å²) in [6.45, 7) is 2.88. The lowest BCUT2D eigenvalue weighted by Crippen LogP contribution is -2.47. The van der Waals surface area contributed by atoms with E-state index in [-0.39, 0.29) is 12.1 Å². The van der Waals surface area contributed by atoms with Crippen LogP contribution in [0.5, 0.6) is 5.88 Å². The van der Waals surface area contributed by atoms with Crippen LogP contribution in [0.2, 0.25) is 0 Å². The van der Waals surface area contributed by atoms with Crippen LogP contribution in [0.25, 0.3) is 11.9 Å². The van der Waals surface area contributed by atoms with Gasteiger partial charge in [-0.3, -0.25) is 15.0 Å². The number of alkyl halides is 3. The van der Waals surface area contributed by atoms with E-state index < -0.39 is 17.7 Å². The molecule has 0 saturated carbocycles. The first-order chi connectivity index (χ1) is 17.3. The fourth-order valence-electron chi connectivity index (χ4n) is 4.33. The van der Waals surface area contributed by atoms with Crippen molar-refractivity contribution in [3.8, 4) is 11.7 Å². The second-order valence-corrected chi connectivity index (χ2v) is 8.38. The molecule has 1 aromatic carbocycles. The van der Waals surface area contributed by atoms with Gasteiger partial charge in [-0.1, -0.05) is 24.3 Å². The number of hydrogen-bond donors (Lipinski definition) is 2. The number of aromatic amines is 1. The molecule has 190 valence electrons. The number of benzene rings is 1. The summed E-state index contributed by atoms with van der Waals surface area (Å²) in [6.07, 6.45) is 5.76. The lowest BCUT2D eigenvalue weighted by atomic mass is 9.86. The largest absolute Gasteiger partial charge is 0.476 e. The van der Waals surface area contributed by atoms with Gasteiger partial charge in [0.05, 0.1) is 19.2 Å². The molecule has 0 radical (unpaired) electrons. The van der Waals surface area contributed by atoms with Crippen LogP contribution in [0.15, 0.2) is 54.1 Å². The van der Waals surface area contributed by atoms with Gasteiger partial charge in [0.1, 0.15) is 29.6 Å². The number of aliphatic imine (C=N–C) groups is 1. The number of H-pyrrole nitrogens is 1. The van der Waals surface area contributed by atoms with Crippen LogP contribution < -0.4 is 14.7 Å². The van der Waals surface area contributed by atoms with E-state index in [2.05, 4.69) is 25.4 Å². The fourth-order valence-corrected chi connectivity index (χ4v) is 4.33. The van der Waals surface area contributed by atoms with E-state index in [9.17, 15) is 13.2 Å². The molecule has 3 aromatic rings. The molecule has 1 atom stereocenters. The van der Waals surface area contributed by atoms with E-state index in [0.717, 1.165) is 18.2 Å². The average Bonchev–Trinajstić information content (AvgIpc) is 3.31. The predicted octanol–water partition coefficient (Wildman–Crippen LogP) is 3.84. The normalized spacial score (nSPS) is 17.8. The highest BCUT2D eigenvalue weighted by molar-refractivity contribution is 5.90. The number of methoxy groups -OCH3 is 1. The second-order valence-electron chi connectivity index (χ2n) is 8.38. The highest BCUT2D eigenvalue weighted by Gasteiger charge is 2.38. The highest BCUT2D eigenvalue weighted by atomic mass is 19.4. The Morgan fingerprint density at radius 2 is 2.14 bits per heavy atom. The number of rotatable bonds is 7. The summed E-state index contributed by atoms with van der Waals surface area (Å²) in [6, 6.07) is 5.74. The van der Waals surface area contributed by atoms with E-state index in [1.54, 1.807) is 48.4 Å². The minimum absolute atomic E-state index is 0.247. The third-order valence-corrected chi connectivity index (χ3v) is 5.96. The first kappa shape index (κ1) is 25.4. The van der Waals surface area contributed by atoms with E-state index in [1.807, 2.05) is 18.1 Å². The number of aromatic nitrogens is 4. The van der Waals surface area contributed by atoms with E-state index in [0.29, 0.717) is 36.2 Å². The standard InChI is InChI=1S/C25H28F3N7O/c1-17-15-34(16-32-17)23-24(36-3)33-18(14-31-23)8-6-12-30-22-20(10-7-13-35(22)29-2)19-9-4-5-11-21(19)25(26,27)28/h4-6,8-9,11,14-16,20,29H,7,10,12-13H2,1-3H3/p+1. The molecule has 0 spiro atoms. The summed E-state index contributed by atoms with van der Waals surface area (Å²) < 4.78 is 48.3. The maximum Gasteiger partial charge on any atom is 0.416 e. The lowest BCUT2D eigenvalue weighted by Gasteiger charge is -2.36. The van der Waals surface area contributed by atoms with Crippen molar-refractivity contribution >= 4 is 11.9 Å². The molecule has 1 saturated heterocycles. The van der Waals surface area contributed by atoms with Gasteiger partial charge in [0, 0.05) is 19.5 Å². The number of amidine groups is 1. The number of halogens is 3. The molecule has 1 aliphatic heterocycles. The van der Waals surface area contributed by atoms with Crippen molar-refractivity contribution in [3.05, 3.63) is 71.6 Å². The monoisotopic (exact) mass is 500 g/mol. The van der Waals surface area contributed by atoms with E-state index in [4.69, 9.17) is 4.74 Å². The van der Waals surface area contributed by atoms with Crippen LogP contribution in [-0.4, -0.2) is 53.0 Å². The maximum absolute atomic E-state index is 13.7. The number of hydrogen-bond acceptors (Lipinski definition) is 5. The topological polar surface area (TPSA) is 82.3 Å². The average molecular weight is 501 g/mol. The zero-order chi connectivity index (χ0) is 25.7. The Morgan fingerprint density at radius 3 is 2.83 bits per heavy atom. The molecule has 0 aliphatic carbocycles. The number of aryl methyl sites for hydroxylation is 1. The number of piperidine rings is 1. The Morgan fingerprint density at radius 1 is 1.33 bits per heavy atom. The zero-order valence-electron chi connectivity index (χ0n) is 20.4. The van der Waals surface area contributed by atoms with Crippen molar-refractivity contribution in [2.75, 3.05) is 27.2 Å². The molecule has 1 aliphatic rings. The SMILES string of the molecule is CNN1CCCC(c2ccccc2C(F)(F)F)C1=NCC=Cc1cnc(-[n+]2c[nH]c(C)c2)c(OC)n1. The molecule has 0 amide bonds. The molecule has 0 bridgehead atoms. The predicted molar refractivity (Wildman–Crippen MR) is 130 cm³/mol. The molecule has 36 heavy (non-hydrogen) atoms. The van der Waals surface area contributed by atoms with Crippen molar-refractivity contribution in [2.45, 2.75) is 31.9 Å². The summed E-state index contributed by atoms with van der Waals surface area (Å²) in [5.74, 6) is 1.05. The minimum atomic E-state index is -4.43. The summed E-state index contributed by atoms with van der Waals surface area (Å²) in [5.41, 5.74) is 4.24.